The van der Waals surface area contributed by atoms with E-state index in [9.17, 15) is 4.79 Å². The van der Waals surface area contributed by atoms with Crippen LogP contribution in [0.15, 0.2) is 24.3 Å². The number of carbonyl (C=O) groups excluding carboxylic acids is 1. The zero-order valence-electron chi connectivity index (χ0n) is 12.1. The SMILES string of the molecule is CCCOc1cccc(C(=O)C2CC3CCC(C2)N3)c1. The fourth-order valence-electron chi connectivity index (χ4n) is 3.47. The number of nitrogens with one attached hydrogen (secondary N) is 1. The van der Waals surface area contributed by atoms with E-state index in [2.05, 4.69) is 12.2 Å². The predicted octanol–water partition coefficient (Wildman–Crippen LogP) is 3.19. The second-order valence-electron chi connectivity index (χ2n) is 6.05. The van der Waals surface area contributed by atoms with Crippen LogP contribution in [-0.4, -0.2) is 24.5 Å². The first-order valence-electron chi connectivity index (χ1n) is 7.79. The van der Waals surface area contributed by atoms with Crippen molar-refractivity contribution in [2.75, 3.05) is 6.61 Å². The second-order valence-corrected chi connectivity index (χ2v) is 6.05. The van der Waals surface area contributed by atoms with Crippen LogP contribution in [0.4, 0.5) is 0 Å². The third kappa shape index (κ3) is 2.88. The summed E-state index contributed by atoms with van der Waals surface area (Å²) in [6.07, 6.45) is 5.43. The van der Waals surface area contributed by atoms with Gasteiger partial charge < -0.3 is 10.1 Å². The van der Waals surface area contributed by atoms with Gasteiger partial charge in [0.25, 0.3) is 0 Å². The van der Waals surface area contributed by atoms with E-state index in [0.717, 1.165) is 30.6 Å². The molecule has 2 unspecified atom stereocenters. The van der Waals surface area contributed by atoms with Gasteiger partial charge in [0.05, 0.1) is 6.61 Å². The van der Waals surface area contributed by atoms with E-state index in [1.165, 1.54) is 12.8 Å². The van der Waals surface area contributed by atoms with Crippen LogP contribution in [0.5, 0.6) is 5.75 Å². The van der Waals surface area contributed by atoms with E-state index in [1.54, 1.807) is 0 Å². The molecule has 2 saturated heterocycles. The lowest BCUT2D eigenvalue weighted by Crippen LogP contribution is -2.40. The Balaban J connectivity index is 1.70. The molecule has 2 aliphatic rings. The Morgan fingerprint density at radius 2 is 2.05 bits per heavy atom. The smallest absolute Gasteiger partial charge is 0.166 e. The lowest BCUT2D eigenvalue weighted by molar-refractivity contribution is 0.0875. The molecule has 3 rings (SSSR count). The molecule has 0 aliphatic carbocycles. The number of piperidine rings is 1. The summed E-state index contributed by atoms with van der Waals surface area (Å²) in [5, 5.41) is 3.59. The Morgan fingerprint density at radius 3 is 2.75 bits per heavy atom. The van der Waals surface area contributed by atoms with Crippen LogP contribution < -0.4 is 10.1 Å². The summed E-state index contributed by atoms with van der Waals surface area (Å²) in [4.78, 5) is 12.7. The van der Waals surface area contributed by atoms with Crippen LogP contribution in [0.3, 0.4) is 0 Å². The zero-order valence-corrected chi connectivity index (χ0v) is 12.1. The van der Waals surface area contributed by atoms with Crippen LogP contribution >= 0.6 is 0 Å². The minimum Gasteiger partial charge on any atom is -0.494 e. The van der Waals surface area contributed by atoms with Crippen molar-refractivity contribution in [3.63, 3.8) is 0 Å². The van der Waals surface area contributed by atoms with Crippen LogP contribution in [0.1, 0.15) is 49.4 Å². The lowest BCUT2D eigenvalue weighted by atomic mass is 9.86. The van der Waals surface area contributed by atoms with Crippen molar-refractivity contribution < 1.29 is 9.53 Å². The number of hydrogen-bond acceptors (Lipinski definition) is 3. The Morgan fingerprint density at radius 1 is 1.30 bits per heavy atom. The van der Waals surface area contributed by atoms with Gasteiger partial charge in [0, 0.05) is 23.6 Å². The molecule has 2 aliphatic heterocycles. The second kappa shape index (κ2) is 5.96. The highest BCUT2D eigenvalue weighted by atomic mass is 16.5. The Hall–Kier alpha value is -1.35. The van der Waals surface area contributed by atoms with Crippen LogP contribution in [-0.2, 0) is 0 Å². The van der Waals surface area contributed by atoms with Crippen molar-refractivity contribution in [2.24, 2.45) is 5.92 Å². The standard InChI is InChI=1S/C17H23NO2/c1-2-8-20-16-5-3-4-12(11-16)17(19)13-9-14-6-7-15(10-13)18-14/h3-5,11,13-15,18H,2,6-10H2,1H3. The molecular weight excluding hydrogens is 250 g/mol. The number of ether oxygens (including phenoxy) is 1. The molecule has 0 amide bonds. The summed E-state index contributed by atoms with van der Waals surface area (Å²) in [6, 6.07) is 8.80. The molecule has 0 saturated carbocycles. The maximum absolute atomic E-state index is 12.7. The minimum absolute atomic E-state index is 0.190. The molecular formula is C17H23NO2. The quantitative estimate of drug-likeness (QED) is 0.837. The number of hydrogen-bond donors (Lipinski definition) is 1. The van der Waals surface area contributed by atoms with Gasteiger partial charge in [-0.25, -0.2) is 0 Å². The predicted molar refractivity (Wildman–Crippen MR) is 79.2 cm³/mol. The summed E-state index contributed by atoms with van der Waals surface area (Å²) < 4.78 is 5.62. The molecule has 108 valence electrons. The van der Waals surface area contributed by atoms with Gasteiger partial charge in [-0.3, -0.25) is 4.79 Å². The average molecular weight is 273 g/mol. The molecule has 2 heterocycles. The van der Waals surface area contributed by atoms with Gasteiger partial charge in [-0.1, -0.05) is 19.1 Å². The van der Waals surface area contributed by atoms with E-state index in [-0.39, 0.29) is 5.92 Å². The first kappa shape index (κ1) is 13.6. The summed E-state index contributed by atoms with van der Waals surface area (Å²) in [5.41, 5.74) is 0.810. The molecule has 3 heteroatoms. The van der Waals surface area contributed by atoms with Crippen LogP contribution in [0.25, 0.3) is 0 Å². The summed E-state index contributed by atoms with van der Waals surface area (Å²) in [7, 11) is 0. The molecule has 1 N–H and O–H groups in total. The van der Waals surface area contributed by atoms with Gasteiger partial charge in [-0.05, 0) is 44.2 Å². The summed E-state index contributed by atoms with van der Waals surface area (Å²) in [6.45, 7) is 2.79. The van der Waals surface area contributed by atoms with Gasteiger partial charge in [-0.2, -0.15) is 0 Å². The number of ketones is 1. The molecule has 1 aromatic rings. The van der Waals surface area contributed by atoms with Crippen LogP contribution in [0.2, 0.25) is 0 Å². The zero-order chi connectivity index (χ0) is 13.9. The Kier molecular flexibility index (Phi) is 4.06. The lowest BCUT2D eigenvalue weighted by Gasteiger charge is -2.28. The molecule has 3 nitrogen and oxygen atoms in total. The van der Waals surface area contributed by atoms with Gasteiger partial charge >= 0.3 is 0 Å². The van der Waals surface area contributed by atoms with Gasteiger partial charge in [0.1, 0.15) is 5.75 Å². The van der Waals surface area contributed by atoms with E-state index in [1.807, 2.05) is 24.3 Å². The third-order valence-corrected chi connectivity index (χ3v) is 4.44. The highest BCUT2D eigenvalue weighted by Gasteiger charge is 2.36. The van der Waals surface area contributed by atoms with Crippen molar-refractivity contribution in [1.82, 2.24) is 5.32 Å². The third-order valence-electron chi connectivity index (χ3n) is 4.44. The number of rotatable bonds is 5. The van der Waals surface area contributed by atoms with Crippen molar-refractivity contribution in [3.8, 4) is 5.75 Å². The van der Waals surface area contributed by atoms with Gasteiger partial charge in [-0.15, -0.1) is 0 Å². The van der Waals surface area contributed by atoms with E-state index >= 15 is 0 Å². The van der Waals surface area contributed by atoms with Crippen LogP contribution in [0, 0.1) is 5.92 Å². The molecule has 0 aromatic heterocycles. The van der Waals surface area contributed by atoms with E-state index < -0.39 is 0 Å². The van der Waals surface area contributed by atoms with E-state index in [4.69, 9.17) is 4.74 Å². The summed E-state index contributed by atoms with van der Waals surface area (Å²) in [5.74, 6) is 1.30. The molecule has 0 radical (unpaired) electrons. The monoisotopic (exact) mass is 273 g/mol. The van der Waals surface area contributed by atoms with Gasteiger partial charge in [0.15, 0.2) is 5.78 Å². The maximum Gasteiger partial charge on any atom is 0.166 e. The number of carbonyl (C=O) groups is 1. The Labute approximate surface area is 120 Å². The largest absolute Gasteiger partial charge is 0.494 e. The Bertz CT molecular complexity index is 474. The molecule has 20 heavy (non-hydrogen) atoms. The first-order valence-corrected chi connectivity index (χ1v) is 7.79. The number of fused-ring (bicyclic) bond motifs is 2. The minimum atomic E-state index is 0.190. The molecule has 2 atom stereocenters. The highest BCUT2D eigenvalue weighted by Crippen LogP contribution is 2.33. The topological polar surface area (TPSA) is 38.3 Å². The normalized spacial score (nSPS) is 28.4. The molecule has 0 spiro atoms. The van der Waals surface area contributed by atoms with E-state index in [0.29, 0.717) is 24.5 Å². The number of benzene rings is 1. The van der Waals surface area contributed by atoms with Crippen molar-refractivity contribution in [3.05, 3.63) is 29.8 Å². The van der Waals surface area contributed by atoms with Crippen molar-refractivity contribution >= 4 is 5.78 Å². The first-order chi connectivity index (χ1) is 9.76. The fraction of sp³-hybridized carbons (Fsp3) is 0.588. The maximum atomic E-state index is 12.7. The number of Topliss-reactive ketones (excluding diaryl/α,β-unsaturated/α-hetero) is 1. The fourth-order valence-corrected chi connectivity index (χ4v) is 3.47. The van der Waals surface area contributed by atoms with Gasteiger partial charge in [0.2, 0.25) is 0 Å². The highest BCUT2D eigenvalue weighted by molar-refractivity contribution is 5.98. The average Bonchev–Trinajstić information content (AvgIpc) is 2.83. The molecule has 1 aromatic carbocycles. The van der Waals surface area contributed by atoms with Crippen molar-refractivity contribution in [2.45, 2.75) is 51.1 Å². The van der Waals surface area contributed by atoms with Crippen molar-refractivity contribution in [1.29, 1.82) is 0 Å². The molecule has 2 bridgehead atoms. The summed E-state index contributed by atoms with van der Waals surface area (Å²) >= 11 is 0. The molecule has 2 fully saturated rings.